The van der Waals surface area contributed by atoms with Gasteiger partial charge in [0.05, 0.1) is 14.2 Å². The van der Waals surface area contributed by atoms with Gasteiger partial charge in [0.1, 0.15) is 23.0 Å². The average Bonchev–Trinajstić information content (AvgIpc) is 3.47. The molecule has 0 bridgehead atoms. The zero-order chi connectivity index (χ0) is 53.7. The molecule has 10 aromatic carbocycles. The number of carbonyl (C=O) groups excluding carboxylic acids is 1. The number of rotatable bonds is 13. The van der Waals surface area contributed by atoms with Crippen molar-refractivity contribution >= 4 is 101 Å². The van der Waals surface area contributed by atoms with E-state index in [0.717, 1.165) is 27.9 Å². The van der Waals surface area contributed by atoms with E-state index < -0.39 is 15.8 Å². The van der Waals surface area contributed by atoms with E-state index in [0.29, 0.717) is 0 Å². The first-order valence-corrected chi connectivity index (χ1v) is 29.0. The van der Waals surface area contributed by atoms with Gasteiger partial charge < -0.3 is 25.8 Å². The van der Waals surface area contributed by atoms with E-state index in [1.807, 2.05) is 36.4 Å². The summed E-state index contributed by atoms with van der Waals surface area (Å²) in [6.07, 6.45) is 0. The fourth-order valence-corrected chi connectivity index (χ4v) is 13.3. The van der Waals surface area contributed by atoms with Crippen LogP contribution in [0.15, 0.2) is 282 Å². The van der Waals surface area contributed by atoms with Gasteiger partial charge in [-0.1, -0.05) is 205 Å². The van der Waals surface area contributed by atoms with Crippen LogP contribution < -0.4 is 189 Å². The minimum atomic E-state index is -0.795. The topological polar surface area (TPSA) is 77.1 Å². The van der Waals surface area contributed by atoms with Crippen LogP contribution in [0.4, 0.5) is 0 Å². The Morgan fingerprint density at radius 2 is 0.744 bits per heavy atom. The average molecular weight is 1450 g/mol. The van der Waals surface area contributed by atoms with Crippen molar-refractivity contribution in [1.29, 1.82) is 0 Å². The van der Waals surface area contributed by atoms with Gasteiger partial charge in [0, 0.05) is 28.9 Å². The minimum absolute atomic E-state index is 0. The molecule has 0 aliphatic heterocycles. The van der Waals surface area contributed by atoms with Crippen molar-refractivity contribution < 1.29 is 168 Å². The third-order valence-corrected chi connectivity index (χ3v) is 17.9. The third-order valence-electron chi connectivity index (χ3n) is 10.9. The van der Waals surface area contributed by atoms with Crippen molar-refractivity contribution in [3.63, 3.8) is 0 Å². The maximum Gasteiger partial charge on any atom is 1.00 e. The second-order valence-corrected chi connectivity index (χ2v) is 23.6. The van der Waals surface area contributed by atoms with E-state index in [2.05, 4.69) is 284 Å². The molecule has 0 N–H and O–H groups in total. The number of halogens is 1. The van der Waals surface area contributed by atoms with E-state index in [1.165, 1.54) is 56.3 Å². The molecule has 0 saturated heterocycles. The normalized spacial score (nSPS) is 9.86. The van der Waals surface area contributed by atoms with Crippen LogP contribution >= 0.6 is 62.8 Å². The summed E-state index contributed by atoms with van der Waals surface area (Å²) in [6, 6.07) is 92.8. The predicted octanol–water partition coefficient (Wildman–Crippen LogP) is 8.29. The molecule has 10 rings (SSSR count). The fourth-order valence-electron chi connectivity index (χ4n) is 7.24. The summed E-state index contributed by atoms with van der Waals surface area (Å²) in [5, 5.41) is 16.1. The van der Waals surface area contributed by atoms with Crippen LogP contribution in [0.2, 0.25) is 0 Å². The largest absolute Gasteiger partial charge is 1.00 e. The molecular formula is C65H59Cs2IO6P2S2. The number of ether oxygens (including phenoxy) is 3. The molecule has 10 aromatic rings. The van der Waals surface area contributed by atoms with Crippen molar-refractivity contribution in [3.8, 4) is 23.0 Å². The standard InChI is InChI=1S/C36H28OP2.C14H14OS.C7H7I.C7H8OS.CH2O3.2Cs.H/c1-5-17-29(18-6-1)38(30-19-7-2-8-20-30)35-27-15-13-25-33(35)37-34-26-14-16-28-36(34)39(31-21-9-3-10-22-31)32-23-11-4-12-24-32;1-11-3-7-13(8-4-11)16-14-9-5-12(15-2)6-10-14;1-6-2-4-7(8)5-3-6;1-8-6-2-4-7(9)5-3-6;2-1-4-3;;;/h1-28H;3-10H,1-2H3;2-5H,1H3;2-5,9H,1H3;1,3H;;;/q;;;;;2*+1;-1/p-1. The number of para-hydroxylation sites is 2. The van der Waals surface area contributed by atoms with Gasteiger partial charge in [-0.05, 0) is 158 Å². The number of methoxy groups -OCH3 is 2. The van der Waals surface area contributed by atoms with E-state index >= 15 is 0 Å². The molecule has 0 saturated carbocycles. The van der Waals surface area contributed by atoms with Gasteiger partial charge >= 0.3 is 138 Å². The molecule has 0 amide bonds. The number of carbonyl (C=O) groups is 1. The Balaban J connectivity index is 0.000000334. The van der Waals surface area contributed by atoms with Gasteiger partial charge in [-0.2, -0.15) is 0 Å². The van der Waals surface area contributed by atoms with Gasteiger partial charge in [-0.15, -0.1) is 12.6 Å². The molecule has 0 aliphatic rings. The van der Waals surface area contributed by atoms with Crippen LogP contribution in [0.3, 0.4) is 0 Å². The molecule has 386 valence electrons. The summed E-state index contributed by atoms with van der Waals surface area (Å²) < 4.78 is 18.3. The summed E-state index contributed by atoms with van der Waals surface area (Å²) in [5.41, 5.74) is 2.62. The first kappa shape index (κ1) is 67.9. The van der Waals surface area contributed by atoms with Crippen LogP contribution in [0.25, 0.3) is 0 Å². The van der Waals surface area contributed by atoms with Crippen LogP contribution in [0, 0.1) is 17.4 Å². The molecule has 0 atom stereocenters. The number of benzene rings is 10. The Morgan fingerprint density at radius 3 is 1.06 bits per heavy atom. The van der Waals surface area contributed by atoms with Crippen LogP contribution in [-0.2, 0) is 9.68 Å². The summed E-state index contributed by atoms with van der Waals surface area (Å²) in [5.74, 6) is 3.57. The van der Waals surface area contributed by atoms with Crippen LogP contribution in [0.5, 0.6) is 23.0 Å². The van der Waals surface area contributed by atoms with E-state index in [4.69, 9.17) is 24.3 Å². The Bertz CT molecular complexity index is 2990. The molecule has 0 aliphatic carbocycles. The molecule has 0 spiro atoms. The second kappa shape index (κ2) is 39.0. The van der Waals surface area contributed by atoms with Gasteiger partial charge in [0.25, 0.3) is 6.47 Å². The summed E-state index contributed by atoms with van der Waals surface area (Å²) in [7, 11) is 1.74. The SMILES string of the molecule is COc1ccc(S)cc1.COc1ccc(Sc2ccc(C)cc2)cc1.Cc1ccc(I)cc1.O=CO[O-].[Cs+].[Cs+].[H-].c1ccc(P(c2ccccc2)c2ccccc2Oc2ccccc2P(c2ccccc2)c2ccccc2)cc1. The molecule has 0 fully saturated rings. The molecule has 0 heterocycles. The predicted molar refractivity (Wildman–Crippen MR) is 331 cm³/mol. The molecule has 0 aromatic heterocycles. The molecule has 6 nitrogen and oxygen atoms in total. The fraction of sp³-hybridized carbons (Fsp3) is 0.0615. The summed E-state index contributed by atoms with van der Waals surface area (Å²) in [4.78, 5) is 14.7. The zero-order valence-electron chi connectivity index (χ0n) is 45.6. The van der Waals surface area contributed by atoms with E-state index in [1.54, 1.807) is 26.0 Å². The Morgan fingerprint density at radius 1 is 0.449 bits per heavy atom. The molecule has 0 unspecified atom stereocenters. The number of hydrogen-bond acceptors (Lipinski definition) is 8. The van der Waals surface area contributed by atoms with E-state index in [-0.39, 0.29) is 146 Å². The number of aryl methyl sites for hydroxylation is 2. The first-order chi connectivity index (χ1) is 37.2. The van der Waals surface area contributed by atoms with Crippen molar-refractivity contribution in [2.45, 2.75) is 28.5 Å². The number of thiol groups is 1. The molecule has 0 radical (unpaired) electrons. The van der Waals surface area contributed by atoms with Crippen molar-refractivity contribution in [1.82, 2.24) is 0 Å². The van der Waals surface area contributed by atoms with Gasteiger partial charge in [-0.25, -0.2) is 0 Å². The van der Waals surface area contributed by atoms with Crippen LogP contribution in [-0.4, -0.2) is 20.7 Å². The molecule has 78 heavy (non-hydrogen) atoms. The maximum absolute atomic E-state index is 8.64. The van der Waals surface area contributed by atoms with Crippen molar-refractivity contribution in [2.75, 3.05) is 14.2 Å². The Labute approximate surface area is 606 Å². The summed E-state index contributed by atoms with van der Waals surface area (Å²) in [6.45, 7) is 4.01. The van der Waals surface area contributed by atoms with Crippen molar-refractivity contribution in [2.24, 2.45) is 0 Å². The second-order valence-electron chi connectivity index (χ2n) is 16.3. The van der Waals surface area contributed by atoms with Crippen LogP contribution in [0.1, 0.15) is 12.6 Å². The zero-order valence-corrected chi connectivity index (χ0v) is 62.8. The number of hydrogen-bond donors (Lipinski definition) is 1. The van der Waals surface area contributed by atoms with Gasteiger partial charge in [-0.3, -0.25) is 4.79 Å². The van der Waals surface area contributed by atoms with E-state index in [9.17, 15) is 0 Å². The Hall–Kier alpha value is -2.58. The quantitative estimate of drug-likeness (QED) is 0.0311. The smallest absolute Gasteiger partial charge is 1.00 e. The minimum Gasteiger partial charge on any atom is -1.00 e. The Kier molecular flexibility index (Phi) is 34.0. The summed E-state index contributed by atoms with van der Waals surface area (Å²) >= 11 is 8.17. The van der Waals surface area contributed by atoms with Crippen molar-refractivity contribution in [3.05, 3.63) is 282 Å². The van der Waals surface area contributed by atoms with Gasteiger partial charge in [0.2, 0.25) is 0 Å². The maximum atomic E-state index is 8.64. The van der Waals surface area contributed by atoms with Gasteiger partial charge in [0.15, 0.2) is 0 Å². The molecular weight excluding hydrogens is 1400 g/mol. The monoisotopic (exact) mass is 1450 g/mol. The molecule has 13 heteroatoms. The third kappa shape index (κ3) is 23.4. The first-order valence-electron chi connectivity index (χ1n) is 24.0.